The average molecular weight is 240 g/mol. The van der Waals surface area contributed by atoms with Gasteiger partial charge in [-0.3, -0.25) is 4.79 Å². The van der Waals surface area contributed by atoms with E-state index in [1.165, 1.54) is 0 Å². The molecular formula is C12H16O3S. The number of phenols is 1. The Morgan fingerprint density at radius 2 is 2.25 bits per heavy atom. The minimum absolute atomic E-state index is 0.178. The van der Waals surface area contributed by atoms with Crippen molar-refractivity contribution in [3.05, 3.63) is 23.8 Å². The van der Waals surface area contributed by atoms with Gasteiger partial charge in [-0.1, -0.05) is 6.07 Å². The van der Waals surface area contributed by atoms with E-state index in [4.69, 9.17) is 4.74 Å². The fourth-order valence-electron chi connectivity index (χ4n) is 1.41. The summed E-state index contributed by atoms with van der Waals surface area (Å²) in [6, 6.07) is 5.20. The van der Waals surface area contributed by atoms with Crippen molar-refractivity contribution in [3.63, 3.8) is 0 Å². The quantitative estimate of drug-likeness (QED) is 0.635. The number of aryl methyl sites for hydroxylation is 1. The number of rotatable bonds is 5. The van der Waals surface area contributed by atoms with Crippen LogP contribution in [0.3, 0.4) is 0 Å². The lowest BCUT2D eigenvalue weighted by molar-refractivity contribution is -0.143. The first-order valence-corrected chi connectivity index (χ1v) is 6.41. The summed E-state index contributed by atoms with van der Waals surface area (Å²) in [5.41, 5.74) is 1.07. The number of aromatic hydroxyl groups is 1. The molecule has 0 heterocycles. The van der Waals surface area contributed by atoms with Crippen LogP contribution in [0.25, 0.3) is 0 Å². The van der Waals surface area contributed by atoms with Crippen LogP contribution < -0.4 is 0 Å². The Hall–Kier alpha value is -1.16. The number of carbonyl (C=O) groups is 1. The van der Waals surface area contributed by atoms with E-state index in [0.29, 0.717) is 19.4 Å². The number of benzene rings is 1. The third-order valence-corrected chi connectivity index (χ3v) is 2.99. The molecule has 16 heavy (non-hydrogen) atoms. The fraction of sp³-hybridized carbons (Fsp3) is 0.417. The molecule has 0 saturated carbocycles. The predicted octanol–water partition coefficient (Wildman–Crippen LogP) is 2.61. The second-order valence-electron chi connectivity index (χ2n) is 3.30. The van der Waals surface area contributed by atoms with Crippen LogP contribution in [0.5, 0.6) is 5.75 Å². The molecule has 4 heteroatoms. The molecule has 1 aromatic rings. The summed E-state index contributed by atoms with van der Waals surface area (Å²) in [6.45, 7) is 2.22. The van der Waals surface area contributed by atoms with Gasteiger partial charge in [-0.15, -0.1) is 11.8 Å². The second kappa shape index (κ2) is 6.43. The Bertz CT molecular complexity index is 363. The SMILES string of the molecule is CCOC(=O)CCc1ccc(O)cc1SC. The van der Waals surface area contributed by atoms with Crippen molar-refractivity contribution in [3.8, 4) is 5.75 Å². The molecule has 0 aromatic heterocycles. The van der Waals surface area contributed by atoms with E-state index in [-0.39, 0.29) is 11.7 Å². The Morgan fingerprint density at radius 3 is 2.88 bits per heavy atom. The van der Waals surface area contributed by atoms with Crippen molar-refractivity contribution in [2.24, 2.45) is 0 Å². The van der Waals surface area contributed by atoms with Crippen molar-refractivity contribution >= 4 is 17.7 Å². The fourth-order valence-corrected chi connectivity index (χ4v) is 2.08. The van der Waals surface area contributed by atoms with Crippen LogP contribution in [0.2, 0.25) is 0 Å². The standard InChI is InChI=1S/C12H16O3S/c1-3-15-12(14)7-5-9-4-6-10(13)8-11(9)16-2/h4,6,8,13H,3,5,7H2,1-2H3. The molecule has 3 nitrogen and oxygen atoms in total. The first-order valence-electron chi connectivity index (χ1n) is 5.19. The van der Waals surface area contributed by atoms with Gasteiger partial charge in [0.05, 0.1) is 6.61 Å². The van der Waals surface area contributed by atoms with Gasteiger partial charge < -0.3 is 9.84 Å². The molecule has 1 N–H and O–H groups in total. The lowest BCUT2D eigenvalue weighted by Crippen LogP contribution is -2.05. The van der Waals surface area contributed by atoms with Gasteiger partial charge in [-0.05, 0) is 37.3 Å². The minimum atomic E-state index is -0.178. The zero-order valence-electron chi connectivity index (χ0n) is 9.53. The van der Waals surface area contributed by atoms with Crippen LogP contribution in [-0.2, 0) is 16.0 Å². The Balaban J connectivity index is 2.63. The Morgan fingerprint density at radius 1 is 1.50 bits per heavy atom. The van der Waals surface area contributed by atoms with Crippen LogP contribution in [0, 0.1) is 0 Å². The van der Waals surface area contributed by atoms with E-state index in [1.807, 2.05) is 12.3 Å². The van der Waals surface area contributed by atoms with Crippen LogP contribution in [0.1, 0.15) is 18.9 Å². The third kappa shape index (κ3) is 3.77. The summed E-state index contributed by atoms with van der Waals surface area (Å²) >= 11 is 1.56. The van der Waals surface area contributed by atoms with Crippen molar-refractivity contribution in [2.45, 2.75) is 24.7 Å². The summed E-state index contributed by atoms with van der Waals surface area (Å²) in [5, 5.41) is 9.33. The summed E-state index contributed by atoms with van der Waals surface area (Å²) in [6.07, 6.45) is 2.98. The van der Waals surface area contributed by atoms with E-state index in [1.54, 1.807) is 30.8 Å². The topological polar surface area (TPSA) is 46.5 Å². The molecule has 0 aliphatic carbocycles. The van der Waals surface area contributed by atoms with Crippen LogP contribution >= 0.6 is 11.8 Å². The highest BCUT2D eigenvalue weighted by Gasteiger charge is 2.07. The van der Waals surface area contributed by atoms with Gasteiger partial charge in [-0.2, -0.15) is 0 Å². The predicted molar refractivity (Wildman–Crippen MR) is 64.8 cm³/mol. The van der Waals surface area contributed by atoms with Crippen molar-refractivity contribution in [2.75, 3.05) is 12.9 Å². The summed E-state index contributed by atoms with van der Waals surface area (Å²) in [7, 11) is 0. The number of phenolic OH excluding ortho intramolecular Hbond substituents is 1. The number of esters is 1. The molecule has 88 valence electrons. The monoisotopic (exact) mass is 240 g/mol. The molecule has 0 fully saturated rings. The largest absolute Gasteiger partial charge is 0.508 e. The molecule has 0 unspecified atom stereocenters. The van der Waals surface area contributed by atoms with Crippen LogP contribution in [0.4, 0.5) is 0 Å². The minimum Gasteiger partial charge on any atom is -0.508 e. The van der Waals surface area contributed by atoms with Gasteiger partial charge in [-0.25, -0.2) is 0 Å². The maximum atomic E-state index is 11.2. The summed E-state index contributed by atoms with van der Waals surface area (Å²) < 4.78 is 4.87. The van der Waals surface area contributed by atoms with Gasteiger partial charge >= 0.3 is 5.97 Å². The highest BCUT2D eigenvalue weighted by Crippen LogP contribution is 2.25. The molecule has 1 aromatic carbocycles. The molecule has 0 spiro atoms. The summed E-state index contributed by atoms with van der Waals surface area (Å²) in [5.74, 6) is 0.0758. The molecule has 0 bridgehead atoms. The molecule has 0 aliphatic rings. The van der Waals surface area contributed by atoms with Gasteiger partial charge in [0.15, 0.2) is 0 Å². The first-order chi connectivity index (χ1) is 7.67. The van der Waals surface area contributed by atoms with E-state index >= 15 is 0 Å². The zero-order chi connectivity index (χ0) is 12.0. The molecule has 0 aliphatic heterocycles. The maximum absolute atomic E-state index is 11.2. The van der Waals surface area contributed by atoms with Gasteiger partial charge in [0.1, 0.15) is 5.75 Å². The summed E-state index contributed by atoms with van der Waals surface area (Å²) in [4.78, 5) is 12.2. The van der Waals surface area contributed by atoms with Gasteiger partial charge in [0, 0.05) is 11.3 Å². The number of hydrogen-bond acceptors (Lipinski definition) is 4. The number of hydrogen-bond donors (Lipinski definition) is 1. The number of thioether (sulfide) groups is 1. The molecular weight excluding hydrogens is 224 g/mol. The highest BCUT2D eigenvalue weighted by molar-refractivity contribution is 7.98. The van der Waals surface area contributed by atoms with E-state index in [9.17, 15) is 9.90 Å². The first kappa shape index (κ1) is 12.9. The average Bonchev–Trinajstić information content (AvgIpc) is 2.27. The van der Waals surface area contributed by atoms with E-state index < -0.39 is 0 Å². The molecule has 0 saturated heterocycles. The lowest BCUT2D eigenvalue weighted by Gasteiger charge is -2.07. The third-order valence-electron chi connectivity index (χ3n) is 2.17. The molecule has 0 atom stereocenters. The smallest absolute Gasteiger partial charge is 0.306 e. The van der Waals surface area contributed by atoms with E-state index in [2.05, 4.69) is 0 Å². The zero-order valence-corrected chi connectivity index (χ0v) is 10.3. The molecule has 0 radical (unpaired) electrons. The maximum Gasteiger partial charge on any atom is 0.306 e. The lowest BCUT2D eigenvalue weighted by atomic mass is 10.1. The van der Waals surface area contributed by atoms with Crippen molar-refractivity contribution in [1.82, 2.24) is 0 Å². The van der Waals surface area contributed by atoms with Crippen molar-refractivity contribution < 1.29 is 14.6 Å². The number of carbonyl (C=O) groups excluding carboxylic acids is 1. The normalized spacial score (nSPS) is 10.1. The second-order valence-corrected chi connectivity index (χ2v) is 4.15. The molecule has 1 rings (SSSR count). The van der Waals surface area contributed by atoms with Gasteiger partial charge in [0.2, 0.25) is 0 Å². The van der Waals surface area contributed by atoms with Crippen LogP contribution in [0.15, 0.2) is 23.1 Å². The highest BCUT2D eigenvalue weighted by atomic mass is 32.2. The van der Waals surface area contributed by atoms with Crippen LogP contribution in [-0.4, -0.2) is 23.9 Å². The number of ether oxygens (including phenoxy) is 1. The molecule has 0 amide bonds. The Labute approximate surface area is 99.8 Å². The van der Waals surface area contributed by atoms with Gasteiger partial charge in [0.25, 0.3) is 0 Å². The van der Waals surface area contributed by atoms with Crippen molar-refractivity contribution in [1.29, 1.82) is 0 Å². The Kier molecular flexibility index (Phi) is 5.19. The van der Waals surface area contributed by atoms with E-state index in [0.717, 1.165) is 10.5 Å².